The predicted octanol–water partition coefficient (Wildman–Crippen LogP) is 3.02. The van der Waals surface area contributed by atoms with Crippen LogP contribution in [0.15, 0.2) is 24.3 Å². The van der Waals surface area contributed by atoms with Crippen LogP contribution in [0.2, 0.25) is 0 Å². The molecule has 0 aliphatic heterocycles. The maximum atomic E-state index is 12.0. The van der Waals surface area contributed by atoms with Gasteiger partial charge in [-0.05, 0) is 24.1 Å². The highest BCUT2D eigenvalue weighted by atomic mass is 32.1. The molecule has 2 aromatic rings. The highest BCUT2D eigenvalue weighted by Crippen LogP contribution is 2.17. The first-order valence-corrected chi connectivity index (χ1v) is 8.37. The molecule has 2 N–H and O–H groups in total. The summed E-state index contributed by atoms with van der Waals surface area (Å²) in [4.78, 5) is 23.0. The molecule has 0 fully saturated rings. The Morgan fingerprint density at radius 2 is 1.87 bits per heavy atom. The number of carbonyl (C=O) groups excluding carboxylic acids is 2. The van der Waals surface area contributed by atoms with E-state index >= 15 is 0 Å². The number of anilines is 2. The number of nitrogens with zero attached hydrogens (tertiary/aromatic N) is 2. The van der Waals surface area contributed by atoms with Gasteiger partial charge in [-0.25, -0.2) is 0 Å². The summed E-state index contributed by atoms with van der Waals surface area (Å²) >= 11 is 1.42. The van der Waals surface area contributed by atoms with Crippen LogP contribution in [-0.2, 0) is 22.4 Å². The molecule has 7 heteroatoms. The fourth-order valence-corrected chi connectivity index (χ4v) is 2.79. The summed E-state index contributed by atoms with van der Waals surface area (Å²) < 4.78 is 0. The monoisotopic (exact) mass is 332 g/mol. The Morgan fingerprint density at radius 3 is 2.52 bits per heavy atom. The molecule has 2 amide bonds. The first-order chi connectivity index (χ1) is 11.1. The second-order valence-electron chi connectivity index (χ2n) is 5.21. The zero-order valence-electron chi connectivity index (χ0n) is 13.3. The largest absolute Gasteiger partial charge is 0.326 e. The van der Waals surface area contributed by atoms with Crippen LogP contribution in [0.4, 0.5) is 10.8 Å². The summed E-state index contributed by atoms with van der Waals surface area (Å²) in [7, 11) is 0. The lowest BCUT2D eigenvalue weighted by Crippen LogP contribution is -2.14. The van der Waals surface area contributed by atoms with E-state index in [4.69, 9.17) is 0 Å². The van der Waals surface area contributed by atoms with Crippen molar-refractivity contribution in [1.29, 1.82) is 0 Å². The first-order valence-electron chi connectivity index (χ1n) is 7.55. The van der Waals surface area contributed by atoms with Crippen molar-refractivity contribution >= 4 is 34.0 Å². The van der Waals surface area contributed by atoms with Gasteiger partial charge in [0, 0.05) is 19.0 Å². The predicted molar refractivity (Wildman–Crippen MR) is 91.6 cm³/mol. The van der Waals surface area contributed by atoms with Crippen LogP contribution < -0.4 is 10.6 Å². The average molecular weight is 332 g/mol. The molecule has 122 valence electrons. The third-order valence-corrected chi connectivity index (χ3v) is 3.99. The minimum atomic E-state index is -0.129. The lowest BCUT2D eigenvalue weighted by Gasteiger charge is -2.04. The molecule has 0 bridgehead atoms. The lowest BCUT2D eigenvalue weighted by molar-refractivity contribution is -0.116. The summed E-state index contributed by atoms with van der Waals surface area (Å²) in [5.41, 5.74) is 1.58. The summed E-state index contributed by atoms with van der Waals surface area (Å²) in [5.74, 6) is -0.249. The molecule has 23 heavy (non-hydrogen) atoms. The van der Waals surface area contributed by atoms with Crippen LogP contribution in [0.1, 0.15) is 37.3 Å². The van der Waals surface area contributed by atoms with Gasteiger partial charge in [0.25, 0.3) is 0 Å². The number of benzene rings is 1. The van der Waals surface area contributed by atoms with Gasteiger partial charge >= 0.3 is 0 Å². The summed E-state index contributed by atoms with van der Waals surface area (Å²) in [5, 5.41) is 15.0. The highest BCUT2D eigenvalue weighted by molar-refractivity contribution is 7.15. The summed E-state index contributed by atoms with van der Waals surface area (Å²) in [6.07, 6.45) is 3.33. The molecule has 0 unspecified atom stereocenters. The number of hydrogen-bond acceptors (Lipinski definition) is 5. The van der Waals surface area contributed by atoms with Crippen LogP contribution in [-0.4, -0.2) is 22.0 Å². The molecule has 0 aliphatic rings. The van der Waals surface area contributed by atoms with Gasteiger partial charge in [0.15, 0.2) is 0 Å². The molecule has 0 aliphatic carbocycles. The maximum absolute atomic E-state index is 12.0. The van der Waals surface area contributed by atoms with E-state index in [1.807, 2.05) is 12.1 Å². The van der Waals surface area contributed by atoms with Gasteiger partial charge in [0.1, 0.15) is 5.01 Å². The zero-order valence-corrected chi connectivity index (χ0v) is 14.1. The van der Waals surface area contributed by atoms with Crippen molar-refractivity contribution in [2.45, 2.75) is 39.5 Å². The van der Waals surface area contributed by atoms with Gasteiger partial charge in [-0.15, -0.1) is 10.2 Å². The van der Waals surface area contributed by atoms with Crippen molar-refractivity contribution in [2.24, 2.45) is 0 Å². The van der Waals surface area contributed by atoms with E-state index in [0.29, 0.717) is 10.8 Å². The standard InChI is InChI=1S/C16H20N4O2S/c1-3-4-5-15-19-20-16(23-15)18-14(22)10-12-6-8-13(9-7-12)17-11(2)21/h6-9H,3-5,10H2,1-2H3,(H,17,21)(H,18,20,22). The number of rotatable bonds is 7. The van der Waals surface area contributed by atoms with Crippen molar-refractivity contribution < 1.29 is 9.59 Å². The van der Waals surface area contributed by atoms with Crippen LogP contribution in [0, 0.1) is 0 Å². The van der Waals surface area contributed by atoms with Gasteiger partial charge < -0.3 is 10.6 Å². The number of aryl methyl sites for hydroxylation is 1. The highest BCUT2D eigenvalue weighted by Gasteiger charge is 2.09. The van der Waals surface area contributed by atoms with Crippen molar-refractivity contribution in [3.63, 3.8) is 0 Å². The molecule has 0 saturated carbocycles. The van der Waals surface area contributed by atoms with Crippen molar-refractivity contribution in [2.75, 3.05) is 10.6 Å². The van der Waals surface area contributed by atoms with E-state index < -0.39 is 0 Å². The number of carbonyl (C=O) groups is 2. The van der Waals surface area contributed by atoms with Crippen LogP contribution in [0.5, 0.6) is 0 Å². The van der Waals surface area contributed by atoms with E-state index in [9.17, 15) is 9.59 Å². The quantitative estimate of drug-likeness (QED) is 0.816. The van der Waals surface area contributed by atoms with E-state index in [0.717, 1.165) is 29.8 Å². The number of hydrogen-bond donors (Lipinski definition) is 2. The lowest BCUT2D eigenvalue weighted by atomic mass is 10.1. The smallest absolute Gasteiger partial charge is 0.230 e. The molecule has 1 aromatic carbocycles. The second kappa shape index (κ2) is 8.38. The number of unbranched alkanes of at least 4 members (excludes halogenated alkanes) is 1. The fraction of sp³-hybridized carbons (Fsp3) is 0.375. The van der Waals surface area contributed by atoms with Crippen LogP contribution in [0.25, 0.3) is 0 Å². The SMILES string of the molecule is CCCCc1nnc(NC(=O)Cc2ccc(NC(C)=O)cc2)s1. The van der Waals surface area contributed by atoms with E-state index in [2.05, 4.69) is 27.8 Å². The Hall–Kier alpha value is -2.28. The molecule has 0 atom stereocenters. The number of nitrogens with one attached hydrogen (secondary N) is 2. The molecule has 1 heterocycles. The van der Waals surface area contributed by atoms with Crippen LogP contribution >= 0.6 is 11.3 Å². The van der Waals surface area contributed by atoms with Gasteiger partial charge in [0.05, 0.1) is 6.42 Å². The molecular weight excluding hydrogens is 312 g/mol. The molecule has 0 radical (unpaired) electrons. The Balaban J connectivity index is 1.86. The van der Waals surface area contributed by atoms with E-state index in [1.54, 1.807) is 12.1 Å². The zero-order chi connectivity index (χ0) is 16.7. The van der Waals surface area contributed by atoms with E-state index in [1.165, 1.54) is 18.3 Å². The maximum Gasteiger partial charge on any atom is 0.230 e. The van der Waals surface area contributed by atoms with Gasteiger partial charge in [-0.2, -0.15) is 0 Å². The molecular formula is C16H20N4O2S. The number of aromatic nitrogens is 2. The summed E-state index contributed by atoms with van der Waals surface area (Å²) in [6.45, 7) is 3.58. The minimum Gasteiger partial charge on any atom is -0.326 e. The first kappa shape index (κ1) is 17.1. The van der Waals surface area contributed by atoms with Crippen LogP contribution in [0.3, 0.4) is 0 Å². The average Bonchev–Trinajstić information content (AvgIpc) is 2.94. The molecule has 6 nitrogen and oxygen atoms in total. The van der Waals surface area contributed by atoms with E-state index in [-0.39, 0.29) is 18.2 Å². The van der Waals surface area contributed by atoms with Crippen molar-refractivity contribution in [3.05, 3.63) is 34.8 Å². The Labute approximate surface area is 139 Å². The molecule has 2 rings (SSSR count). The minimum absolute atomic E-state index is 0.120. The fourth-order valence-electron chi connectivity index (χ4n) is 1.99. The Kier molecular flexibility index (Phi) is 6.22. The van der Waals surface area contributed by atoms with Gasteiger partial charge in [-0.3, -0.25) is 9.59 Å². The molecule has 0 saturated heterocycles. The Bertz CT molecular complexity index is 667. The number of amides is 2. The molecule has 0 spiro atoms. The van der Waals surface area contributed by atoms with Crippen molar-refractivity contribution in [1.82, 2.24) is 10.2 Å². The third kappa shape index (κ3) is 5.78. The van der Waals surface area contributed by atoms with Gasteiger partial charge in [0.2, 0.25) is 16.9 Å². The second-order valence-corrected chi connectivity index (χ2v) is 6.27. The normalized spacial score (nSPS) is 10.3. The topological polar surface area (TPSA) is 84.0 Å². The summed E-state index contributed by atoms with van der Waals surface area (Å²) in [6, 6.07) is 7.19. The molecule has 1 aromatic heterocycles. The third-order valence-electron chi connectivity index (χ3n) is 3.10. The van der Waals surface area contributed by atoms with Gasteiger partial charge in [-0.1, -0.05) is 36.8 Å². The van der Waals surface area contributed by atoms with Crippen molar-refractivity contribution in [3.8, 4) is 0 Å². The Morgan fingerprint density at radius 1 is 1.13 bits per heavy atom.